The van der Waals surface area contributed by atoms with Gasteiger partial charge < -0.3 is 10.2 Å². The van der Waals surface area contributed by atoms with Crippen LogP contribution in [0.5, 0.6) is 0 Å². The van der Waals surface area contributed by atoms with Gasteiger partial charge in [0.05, 0.1) is 12.8 Å². The molecule has 1 aromatic carbocycles. The molecule has 2 aromatic rings. The van der Waals surface area contributed by atoms with E-state index in [2.05, 4.69) is 29.2 Å². The molecule has 1 atom stereocenters. The van der Waals surface area contributed by atoms with Crippen molar-refractivity contribution in [3.63, 3.8) is 0 Å². The van der Waals surface area contributed by atoms with Gasteiger partial charge in [0.1, 0.15) is 5.76 Å². The number of hydrogen-bond donors (Lipinski definition) is 1. The monoisotopic (exact) mass is 270 g/mol. The average molecular weight is 270 g/mol. The van der Waals surface area contributed by atoms with Crippen molar-refractivity contribution in [2.24, 2.45) is 5.73 Å². The molecule has 1 saturated carbocycles. The summed E-state index contributed by atoms with van der Waals surface area (Å²) in [5.74, 6) is 1.05. The second-order valence-electron chi connectivity index (χ2n) is 5.59. The summed E-state index contributed by atoms with van der Waals surface area (Å²) in [4.78, 5) is 2.50. The molecular weight excluding hydrogens is 248 g/mol. The summed E-state index contributed by atoms with van der Waals surface area (Å²) < 4.78 is 5.46. The van der Waals surface area contributed by atoms with Crippen LogP contribution in [-0.2, 0) is 6.54 Å². The van der Waals surface area contributed by atoms with Crippen LogP contribution in [-0.4, -0.2) is 17.5 Å². The van der Waals surface area contributed by atoms with Crippen molar-refractivity contribution in [1.82, 2.24) is 4.90 Å². The number of furan rings is 1. The van der Waals surface area contributed by atoms with Gasteiger partial charge in [0.2, 0.25) is 0 Å². The molecule has 1 unspecified atom stereocenters. The molecule has 3 rings (SSSR count). The van der Waals surface area contributed by atoms with Crippen molar-refractivity contribution < 1.29 is 4.42 Å². The molecule has 0 saturated heterocycles. The molecule has 2 N–H and O–H groups in total. The Morgan fingerprint density at radius 3 is 2.60 bits per heavy atom. The van der Waals surface area contributed by atoms with E-state index >= 15 is 0 Å². The third kappa shape index (κ3) is 3.50. The standard InChI is InChI=1S/C17H22N2O/c18-17(14-5-2-1-3-6-14)10-11-19(15-8-9-15)13-16-7-4-12-20-16/h1-7,12,15,17H,8-11,13,18H2. The molecule has 0 aliphatic heterocycles. The van der Waals surface area contributed by atoms with Gasteiger partial charge in [0, 0.05) is 18.6 Å². The number of hydrogen-bond acceptors (Lipinski definition) is 3. The fourth-order valence-corrected chi connectivity index (χ4v) is 2.60. The van der Waals surface area contributed by atoms with Crippen LogP contribution in [0.1, 0.15) is 36.6 Å². The van der Waals surface area contributed by atoms with E-state index in [1.54, 1.807) is 6.26 Å². The number of rotatable bonds is 7. The molecule has 0 radical (unpaired) electrons. The Hall–Kier alpha value is -1.58. The highest BCUT2D eigenvalue weighted by molar-refractivity contribution is 5.18. The largest absolute Gasteiger partial charge is 0.468 e. The molecule has 1 fully saturated rings. The Kier molecular flexibility index (Phi) is 4.19. The molecule has 1 aliphatic carbocycles. The van der Waals surface area contributed by atoms with Gasteiger partial charge >= 0.3 is 0 Å². The molecule has 3 nitrogen and oxygen atoms in total. The van der Waals surface area contributed by atoms with Gasteiger partial charge in [-0.3, -0.25) is 4.90 Å². The zero-order chi connectivity index (χ0) is 13.8. The van der Waals surface area contributed by atoms with Crippen LogP contribution in [0.2, 0.25) is 0 Å². The number of nitrogens with zero attached hydrogens (tertiary/aromatic N) is 1. The van der Waals surface area contributed by atoms with Crippen LogP contribution in [0.3, 0.4) is 0 Å². The minimum atomic E-state index is 0.119. The minimum Gasteiger partial charge on any atom is -0.468 e. The highest BCUT2D eigenvalue weighted by Gasteiger charge is 2.29. The maximum absolute atomic E-state index is 6.29. The highest BCUT2D eigenvalue weighted by Crippen LogP contribution is 2.29. The van der Waals surface area contributed by atoms with Gasteiger partial charge in [-0.2, -0.15) is 0 Å². The Labute approximate surface area is 120 Å². The molecule has 0 spiro atoms. The Morgan fingerprint density at radius 1 is 1.15 bits per heavy atom. The molecular formula is C17H22N2O. The van der Waals surface area contributed by atoms with E-state index in [-0.39, 0.29) is 6.04 Å². The summed E-state index contributed by atoms with van der Waals surface area (Å²) in [6, 6.07) is 15.2. The lowest BCUT2D eigenvalue weighted by Gasteiger charge is -2.23. The maximum Gasteiger partial charge on any atom is 0.117 e. The molecule has 1 aliphatic rings. The lowest BCUT2D eigenvalue weighted by atomic mass is 10.0. The first-order valence-corrected chi connectivity index (χ1v) is 7.40. The number of benzene rings is 1. The summed E-state index contributed by atoms with van der Waals surface area (Å²) in [7, 11) is 0. The van der Waals surface area contributed by atoms with Crippen LogP contribution < -0.4 is 5.73 Å². The minimum absolute atomic E-state index is 0.119. The van der Waals surface area contributed by atoms with E-state index < -0.39 is 0 Å². The van der Waals surface area contributed by atoms with Crippen LogP contribution in [0, 0.1) is 0 Å². The predicted molar refractivity (Wildman–Crippen MR) is 80.1 cm³/mol. The van der Waals surface area contributed by atoms with Gasteiger partial charge in [-0.15, -0.1) is 0 Å². The van der Waals surface area contributed by atoms with Crippen molar-refractivity contribution >= 4 is 0 Å². The lowest BCUT2D eigenvalue weighted by molar-refractivity contribution is 0.225. The average Bonchev–Trinajstić information content (AvgIpc) is 3.21. The zero-order valence-electron chi connectivity index (χ0n) is 11.7. The third-order valence-corrected chi connectivity index (χ3v) is 3.96. The zero-order valence-corrected chi connectivity index (χ0v) is 11.7. The van der Waals surface area contributed by atoms with Gasteiger partial charge in [0.15, 0.2) is 0 Å². The van der Waals surface area contributed by atoms with Crippen LogP contribution in [0.15, 0.2) is 53.1 Å². The SMILES string of the molecule is NC(CCN(Cc1ccco1)C1CC1)c1ccccc1. The van der Waals surface area contributed by atoms with Gasteiger partial charge in [-0.25, -0.2) is 0 Å². The molecule has 1 aromatic heterocycles. The second kappa shape index (κ2) is 6.25. The molecule has 106 valence electrons. The summed E-state index contributed by atoms with van der Waals surface area (Å²) in [6.45, 7) is 1.93. The fourth-order valence-electron chi connectivity index (χ4n) is 2.60. The van der Waals surface area contributed by atoms with Crippen molar-refractivity contribution in [2.45, 2.75) is 37.9 Å². The van der Waals surface area contributed by atoms with Crippen LogP contribution >= 0.6 is 0 Å². The smallest absolute Gasteiger partial charge is 0.117 e. The van der Waals surface area contributed by atoms with Crippen LogP contribution in [0.25, 0.3) is 0 Å². The molecule has 3 heteroatoms. The highest BCUT2D eigenvalue weighted by atomic mass is 16.3. The van der Waals surface area contributed by atoms with E-state index in [9.17, 15) is 0 Å². The van der Waals surface area contributed by atoms with E-state index in [1.165, 1.54) is 18.4 Å². The Morgan fingerprint density at radius 2 is 1.95 bits per heavy atom. The first-order chi connectivity index (χ1) is 9.83. The van der Waals surface area contributed by atoms with Gasteiger partial charge in [0.25, 0.3) is 0 Å². The number of nitrogens with two attached hydrogens (primary N) is 1. The van der Waals surface area contributed by atoms with Crippen LogP contribution in [0.4, 0.5) is 0 Å². The summed E-state index contributed by atoms with van der Waals surface area (Å²) in [6.07, 6.45) is 5.35. The van der Waals surface area contributed by atoms with E-state index in [0.29, 0.717) is 0 Å². The van der Waals surface area contributed by atoms with E-state index in [1.807, 2.05) is 18.2 Å². The third-order valence-electron chi connectivity index (χ3n) is 3.96. The second-order valence-corrected chi connectivity index (χ2v) is 5.59. The van der Waals surface area contributed by atoms with Gasteiger partial charge in [-0.1, -0.05) is 30.3 Å². The predicted octanol–water partition coefficient (Wildman–Crippen LogP) is 3.33. The molecule has 1 heterocycles. The summed E-state index contributed by atoms with van der Waals surface area (Å²) in [5, 5.41) is 0. The van der Waals surface area contributed by atoms with Crippen molar-refractivity contribution in [1.29, 1.82) is 0 Å². The normalized spacial score (nSPS) is 16.5. The topological polar surface area (TPSA) is 42.4 Å². The molecule has 0 bridgehead atoms. The van der Waals surface area contributed by atoms with E-state index in [4.69, 9.17) is 10.2 Å². The quantitative estimate of drug-likeness (QED) is 0.839. The lowest BCUT2D eigenvalue weighted by Crippen LogP contribution is -2.29. The first kappa shape index (κ1) is 13.4. The van der Waals surface area contributed by atoms with Gasteiger partial charge in [-0.05, 0) is 37.0 Å². The maximum atomic E-state index is 6.29. The fraction of sp³-hybridized carbons (Fsp3) is 0.412. The summed E-state index contributed by atoms with van der Waals surface area (Å²) >= 11 is 0. The van der Waals surface area contributed by atoms with Crippen molar-refractivity contribution in [2.75, 3.05) is 6.54 Å². The van der Waals surface area contributed by atoms with Crippen molar-refractivity contribution in [3.8, 4) is 0 Å². The van der Waals surface area contributed by atoms with Crippen molar-refractivity contribution in [3.05, 3.63) is 60.1 Å². The Bertz CT molecular complexity index is 505. The molecule has 20 heavy (non-hydrogen) atoms. The Balaban J connectivity index is 1.54. The summed E-state index contributed by atoms with van der Waals surface area (Å²) in [5.41, 5.74) is 7.51. The van der Waals surface area contributed by atoms with E-state index in [0.717, 1.165) is 31.3 Å². The first-order valence-electron chi connectivity index (χ1n) is 7.40. The molecule has 0 amide bonds.